The molecule has 0 spiro atoms. The number of benzene rings is 1. The molecule has 1 N–H and O–H groups in total. The van der Waals surface area contributed by atoms with Gasteiger partial charge in [0.05, 0.1) is 6.10 Å². The molecule has 0 unspecified atom stereocenters. The maximum atomic E-state index is 6.22. The molecule has 0 amide bonds. The van der Waals surface area contributed by atoms with Crippen molar-refractivity contribution in [3.05, 3.63) is 66.7 Å². The molecule has 1 aliphatic carbocycles. The van der Waals surface area contributed by atoms with Crippen molar-refractivity contribution < 1.29 is 4.74 Å². The number of fused-ring (bicyclic) bond motifs is 1. The number of ether oxygens (including phenoxy) is 1. The molecule has 4 rings (SSSR count). The van der Waals surface area contributed by atoms with E-state index >= 15 is 0 Å². The third-order valence-corrected chi connectivity index (χ3v) is 4.91. The molecule has 1 fully saturated rings. The number of nitrogens with zero attached hydrogens (tertiary/aromatic N) is 2. The lowest BCUT2D eigenvalue weighted by Gasteiger charge is -2.29. The Morgan fingerprint density at radius 2 is 1.80 bits per heavy atom. The zero-order valence-electron chi connectivity index (χ0n) is 14.3. The third kappa shape index (κ3) is 4.15. The molecule has 2 heterocycles. The second-order valence-electron chi connectivity index (χ2n) is 6.72. The Morgan fingerprint density at radius 1 is 0.920 bits per heavy atom. The van der Waals surface area contributed by atoms with Gasteiger partial charge in [0.2, 0.25) is 0 Å². The Hall–Kier alpha value is -2.46. The Bertz CT molecular complexity index is 813. The van der Waals surface area contributed by atoms with Crippen molar-refractivity contribution in [2.24, 2.45) is 0 Å². The maximum Gasteiger partial charge on any atom is 0.120 e. The fourth-order valence-electron chi connectivity index (χ4n) is 3.48. The molecular formula is C21H23N3O. The number of rotatable bonds is 5. The smallest absolute Gasteiger partial charge is 0.120 e. The first kappa shape index (κ1) is 16.0. The first-order chi connectivity index (χ1) is 12.4. The fraction of sp³-hybridized carbons (Fsp3) is 0.333. The van der Waals surface area contributed by atoms with Crippen LogP contribution in [0.1, 0.15) is 31.2 Å². The van der Waals surface area contributed by atoms with Crippen LogP contribution in [0.25, 0.3) is 10.8 Å². The van der Waals surface area contributed by atoms with Gasteiger partial charge >= 0.3 is 0 Å². The van der Waals surface area contributed by atoms with Crippen molar-refractivity contribution in [1.82, 2.24) is 15.3 Å². The van der Waals surface area contributed by atoms with Crippen LogP contribution < -0.4 is 10.1 Å². The topological polar surface area (TPSA) is 47.0 Å². The second kappa shape index (κ2) is 7.62. The molecule has 0 radical (unpaired) electrons. The first-order valence-electron chi connectivity index (χ1n) is 8.99. The lowest BCUT2D eigenvalue weighted by molar-refractivity contribution is 0.139. The summed E-state index contributed by atoms with van der Waals surface area (Å²) in [6.45, 7) is 0.892. The Kier molecular flexibility index (Phi) is 4.89. The highest BCUT2D eigenvalue weighted by molar-refractivity contribution is 5.82. The van der Waals surface area contributed by atoms with Gasteiger partial charge in [0.1, 0.15) is 5.75 Å². The van der Waals surface area contributed by atoms with E-state index in [4.69, 9.17) is 4.74 Å². The predicted octanol–water partition coefficient (Wildman–Crippen LogP) is 4.11. The molecule has 1 aliphatic rings. The summed E-state index contributed by atoms with van der Waals surface area (Å²) in [5.41, 5.74) is 1.24. The largest absolute Gasteiger partial charge is 0.490 e. The van der Waals surface area contributed by atoms with Crippen molar-refractivity contribution in [2.45, 2.75) is 44.4 Å². The minimum absolute atomic E-state index is 0.315. The number of hydrogen-bond donors (Lipinski definition) is 1. The molecule has 0 aliphatic heterocycles. The van der Waals surface area contributed by atoms with Crippen LogP contribution in [0, 0.1) is 0 Å². The van der Waals surface area contributed by atoms with Gasteiger partial charge in [0.15, 0.2) is 0 Å². The molecule has 0 atom stereocenters. The van der Waals surface area contributed by atoms with Crippen molar-refractivity contribution in [3.63, 3.8) is 0 Å². The normalized spacial score (nSPS) is 20.5. The minimum atomic E-state index is 0.315. The van der Waals surface area contributed by atoms with Crippen LogP contribution >= 0.6 is 0 Å². The van der Waals surface area contributed by atoms with Gasteiger partial charge < -0.3 is 10.1 Å². The van der Waals surface area contributed by atoms with E-state index in [1.165, 1.54) is 10.9 Å². The van der Waals surface area contributed by atoms with E-state index in [9.17, 15) is 0 Å². The Morgan fingerprint density at radius 3 is 2.64 bits per heavy atom. The lowest BCUT2D eigenvalue weighted by Crippen LogP contribution is -2.35. The van der Waals surface area contributed by atoms with Crippen LogP contribution in [-0.2, 0) is 6.54 Å². The van der Waals surface area contributed by atoms with E-state index in [-0.39, 0.29) is 0 Å². The van der Waals surface area contributed by atoms with E-state index in [0.717, 1.165) is 43.4 Å². The van der Waals surface area contributed by atoms with Crippen LogP contribution in [0.15, 0.2) is 61.2 Å². The van der Waals surface area contributed by atoms with Crippen LogP contribution in [-0.4, -0.2) is 22.1 Å². The highest BCUT2D eigenvalue weighted by atomic mass is 16.5. The number of nitrogens with one attached hydrogen (secondary N) is 1. The average molecular weight is 333 g/mol. The summed E-state index contributed by atoms with van der Waals surface area (Å²) >= 11 is 0. The van der Waals surface area contributed by atoms with E-state index in [1.54, 1.807) is 0 Å². The number of hydrogen-bond acceptors (Lipinski definition) is 4. The van der Waals surface area contributed by atoms with E-state index in [0.29, 0.717) is 12.1 Å². The van der Waals surface area contributed by atoms with Gasteiger partial charge in [-0.15, -0.1) is 0 Å². The molecular weight excluding hydrogens is 310 g/mol. The average Bonchev–Trinajstić information content (AvgIpc) is 2.68. The summed E-state index contributed by atoms with van der Waals surface area (Å²) in [6.07, 6.45) is 12.3. The van der Waals surface area contributed by atoms with Crippen LogP contribution in [0.3, 0.4) is 0 Å². The molecule has 2 aromatic heterocycles. The van der Waals surface area contributed by atoms with Gasteiger partial charge in [-0.2, -0.15) is 0 Å². The monoisotopic (exact) mass is 333 g/mol. The summed E-state index contributed by atoms with van der Waals surface area (Å²) < 4.78 is 6.22. The van der Waals surface area contributed by atoms with Crippen molar-refractivity contribution in [3.8, 4) is 5.75 Å². The maximum absolute atomic E-state index is 6.22. The molecule has 1 saturated carbocycles. The summed E-state index contributed by atoms with van der Waals surface area (Å²) in [5.74, 6) is 0.963. The number of aromatic nitrogens is 2. The fourth-order valence-corrected chi connectivity index (χ4v) is 3.48. The lowest BCUT2D eigenvalue weighted by atomic mass is 9.92. The van der Waals surface area contributed by atoms with Gasteiger partial charge in [-0.1, -0.05) is 6.07 Å². The molecule has 25 heavy (non-hydrogen) atoms. The van der Waals surface area contributed by atoms with Crippen LogP contribution in [0.4, 0.5) is 0 Å². The zero-order chi connectivity index (χ0) is 16.9. The quantitative estimate of drug-likeness (QED) is 0.763. The van der Waals surface area contributed by atoms with Gasteiger partial charge in [-0.25, -0.2) is 0 Å². The molecule has 3 aromatic rings. The highest BCUT2D eigenvalue weighted by Gasteiger charge is 2.22. The van der Waals surface area contributed by atoms with Gasteiger partial charge in [0, 0.05) is 42.8 Å². The highest BCUT2D eigenvalue weighted by Crippen LogP contribution is 2.26. The Balaban J connectivity index is 1.28. The van der Waals surface area contributed by atoms with E-state index in [1.807, 2.05) is 36.9 Å². The summed E-state index contributed by atoms with van der Waals surface area (Å²) in [4.78, 5) is 8.32. The minimum Gasteiger partial charge on any atom is -0.490 e. The summed E-state index contributed by atoms with van der Waals surface area (Å²) in [7, 11) is 0. The molecule has 0 saturated heterocycles. The molecule has 1 aromatic carbocycles. The SMILES string of the molecule is c1cncc(CNC2CCC(Oc3ccc4cnccc4c3)CC2)c1. The Labute approximate surface area is 148 Å². The summed E-state index contributed by atoms with van der Waals surface area (Å²) in [6, 6.07) is 13.0. The molecule has 0 bridgehead atoms. The molecule has 4 heteroatoms. The van der Waals surface area contributed by atoms with Crippen LogP contribution in [0.5, 0.6) is 5.75 Å². The van der Waals surface area contributed by atoms with Crippen LogP contribution in [0.2, 0.25) is 0 Å². The van der Waals surface area contributed by atoms with Gasteiger partial charge in [0.25, 0.3) is 0 Å². The number of pyridine rings is 2. The molecule has 128 valence electrons. The van der Waals surface area contributed by atoms with Crippen molar-refractivity contribution in [2.75, 3.05) is 0 Å². The standard InChI is InChI=1S/C21H23N3O/c1-2-16(13-22-10-1)14-24-19-4-7-20(8-5-19)25-21-6-3-18-15-23-11-9-17(18)12-21/h1-3,6,9-13,15,19-20,24H,4-5,7-8,14H2. The third-order valence-electron chi connectivity index (χ3n) is 4.91. The van der Waals surface area contributed by atoms with Gasteiger partial charge in [-0.3, -0.25) is 9.97 Å². The summed E-state index contributed by atoms with van der Waals surface area (Å²) in [5, 5.41) is 5.97. The second-order valence-corrected chi connectivity index (χ2v) is 6.72. The van der Waals surface area contributed by atoms with Crippen molar-refractivity contribution in [1.29, 1.82) is 0 Å². The molecule has 4 nitrogen and oxygen atoms in total. The predicted molar refractivity (Wildman–Crippen MR) is 99.5 cm³/mol. The van der Waals surface area contributed by atoms with Crippen molar-refractivity contribution >= 4 is 10.8 Å². The van der Waals surface area contributed by atoms with Gasteiger partial charge in [-0.05, 0) is 67.0 Å². The van der Waals surface area contributed by atoms with E-state index < -0.39 is 0 Å². The van der Waals surface area contributed by atoms with E-state index in [2.05, 4.69) is 39.6 Å². The zero-order valence-corrected chi connectivity index (χ0v) is 14.3. The first-order valence-corrected chi connectivity index (χ1v) is 8.99.